The zero-order valence-electron chi connectivity index (χ0n) is 21.2. The molecule has 7 nitrogen and oxygen atoms in total. The van der Waals surface area contributed by atoms with E-state index in [2.05, 4.69) is 10.2 Å². The lowest BCUT2D eigenvalue weighted by Gasteiger charge is -2.48. The SMILES string of the molecule is Cc1cc(NC2CN(C3CCN(C(=O)C(C)(O)c4cccc(Cl)c4)CC3)C2)cc(Cl)c1C(=O)N(C)C. The van der Waals surface area contributed by atoms with Crippen molar-refractivity contribution in [1.82, 2.24) is 14.7 Å². The van der Waals surface area contributed by atoms with Crippen molar-refractivity contribution >= 4 is 40.7 Å². The van der Waals surface area contributed by atoms with Crippen molar-refractivity contribution in [2.75, 3.05) is 45.6 Å². The van der Waals surface area contributed by atoms with Gasteiger partial charge in [-0.05, 0) is 62.1 Å². The van der Waals surface area contributed by atoms with Crippen LogP contribution >= 0.6 is 23.2 Å². The number of aryl methyl sites for hydroxylation is 1. The van der Waals surface area contributed by atoms with Crippen LogP contribution in [0.4, 0.5) is 5.69 Å². The molecular formula is C27H34Cl2N4O3. The van der Waals surface area contributed by atoms with Crippen molar-refractivity contribution in [1.29, 1.82) is 0 Å². The van der Waals surface area contributed by atoms with Crippen LogP contribution in [0.5, 0.6) is 0 Å². The highest BCUT2D eigenvalue weighted by Crippen LogP contribution is 2.31. The molecule has 1 atom stereocenters. The molecule has 2 aromatic carbocycles. The van der Waals surface area contributed by atoms with Gasteiger partial charge in [-0.1, -0.05) is 35.3 Å². The molecule has 194 valence electrons. The van der Waals surface area contributed by atoms with Crippen molar-refractivity contribution < 1.29 is 14.7 Å². The molecule has 9 heteroatoms. The summed E-state index contributed by atoms with van der Waals surface area (Å²) < 4.78 is 0. The van der Waals surface area contributed by atoms with Gasteiger partial charge in [-0.2, -0.15) is 0 Å². The minimum Gasteiger partial charge on any atom is -0.380 e. The zero-order chi connectivity index (χ0) is 26.2. The van der Waals surface area contributed by atoms with Crippen LogP contribution < -0.4 is 5.32 Å². The first-order chi connectivity index (χ1) is 17.0. The number of nitrogens with zero attached hydrogens (tertiary/aromatic N) is 3. The van der Waals surface area contributed by atoms with E-state index in [0.717, 1.165) is 37.2 Å². The maximum absolute atomic E-state index is 13.1. The third kappa shape index (κ3) is 5.49. The van der Waals surface area contributed by atoms with Crippen molar-refractivity contribution in [3.63, 3.8) is 0 Å². The fourth-order valence-electron chi connectivity index (χ4n) is 5.12. The van der Waals surface area contributed by atoms with Gasteiger partial charge in [-0.25, -0.2) is 0 Å². The maximum Gasteiger partial charge on any atom is 0.258 e. The van der Waals surface area contributed by atoms with Crippen molar-refractivity contribution in [3.05, 3.63) is 63.1 Å². The van der Waals surface area contributed by atoms with E-state index in [9.17, 15) is 14.7 Å². The number of carbonyl (C=O) groups is 2. The number of likely N-dealkylation sites (tertiary alicyclic amines) is 2. The summed E-state index contributed by atoms with van der Waals surface area (Å²) in [4.78, 5) is 31.2. The molecule has 2 saturated heterocycles. The Morgan fingerprint density at radius 2 is 1.78 bits per heavy atom. The molecule has 0 radical (unpaired) electrons. The number of amides is 2. The van der Waals surface area contributed by atoms with Gasteiger partial charge in [0.05, 0.1) is 16.6 Å². The summed E-state index contributed by atoms with van der Waals surface area (Å²) in [5, 5.41) is 15.4. The number of anilines is 1. The number of piperidine rings is 1. The van der Waals surface area contributed by atoms with Gasteiger partial charge in [0.25, 0.3) is 11.8 Å². The molecule has 0 aromatic heterocycles. The van der Waals surface area contributed by atoms with E-state index >= 15 is 0 Å². The molecule has 0 bridgehead atoms. The fourth-order valence-corrected chi connectivity index (χ4v) is 5.65. The van der Waals surface area contributed by atoms with Gasteiger partial charge in [0.1, 0.15) is 0 Å². The summed E-state index contributed by atoms with van der Waals surface area (Å²) >= 11 is 12.5. The Kier molecular flexibility index (Phi) is 7.86. The number of benzene rings is 2. The van der Waals surface area contributed by atoms with E-state index in [-0.39, 0.29) is 11.8 Å². The molecule has 1 unspecified atom stereocenters. The molecule has 2 N–H and O–H groups in total. The molecule has 36 heavy (non-hydrogen) atoms. The molecule has 0 saturated carbocycles. The van der Waals surface area contributed by atoms with Crippen molar-refractivity contribution in [3.8, 4) is 0 Å². The van der Waals surface area contributed by atoms with Gasteiger partial charge >= 0.3 is 0 Å². The van der Waals surface area contributed by atoms with Gasteiger partial charge < -0.3 is 20.2 Å². The second-order valence-electron chi connectivity index (χ2n) is 10.3. The van der Waals surface area contributed by atoms with Crippen LogP contribution in [0.25, 0.3) is 0 Å². The first-order valence-corrected chi connectivity index (χ1v) is 13.0. The molecule has 2 aromatic rings. The molecule has 2 aliphatic rings. The Morgan fingerprint density at radius 1 is 1.11 bits per heavy atom. The topological polar surface area (TPSA) is 76.1 Å². The van der Waals surface area contributed by atoms with Gasteiger partial charge in [0.15, 0.2) is 5.60 Å². The highest BCUT2D eigenvalue weighted by Gasteiger charge is 2.40. The summed E-state index contributed by atoms with van der Waals surface area (Å²) in [5.74, 6) is -0.382. The molecular weight excluding hydrogens is 499 g/mol. The quantitative estimate of drug-likeness (QED) is 0.588. The van der Waals surface area contributed by atoms with E-state index in [0.29, 0.717) is 46.3 Å². The van der Waals surface area contributed by atoms with E-state index in [1.165, 1.54) is 11.8 Å². The average Bonchev–Trinajstić information content (AvgIpc) is 2.80. The lowest BCUT2D eigenvalue weighted by Crippen LogP contribution is -2.61. The monoisotopic (exact) mass is 532 g/mol. The Balaban J connectivity index is 1.28. The fraction of sp³-hybridized carbons (Fsp3) is 0.481. The van der Waals surface area contributed by atoms with Crippen LogP contribution in [0.1, 0.15) is 41.3 Å². The molecule has 2 aliphatic heterocycles. The van der Waals surface area contributed by atoms with Crippen LogP contribution in [-0.4, -0.2) is 84.0 Å². The lowest BCUT2D eigenvalue weighted by molar-refractivity contribution is -0.152. The van der Waals surface area contributed by atoms with E-state index in [1.807, 2.05) is 19.1 Å². The molecule has 0 aliphatic carbocycles. The van der Waals surface area contributed by atoms with Crippen LogP contribution in [0, 0.1) is 6.92 Å². The Labute approximate surface area is 223 Å². The number of carbonyl (C=O) groups excluding carboxylic acids is 2. The Hall–Kier alpha value is -2.32. The van der Waals surface area contributed by atoms with Crippen molar-refractivity contribution in [2.45, 2.75) is 44.4 Å². The normalized spacial score (nSPS) is 18.9. The molecule has 2 amide bonds. The Morgan fingerprint density at radius 3 is 2.36 bits per heavy atom. The number of nitrogens with one attached hydrogen (secondary N) is 1. The molecule has 2 heterocycles. The standard InChI is InChI=1S/C27H34Cl2N4O3/c1-17-12-20(14-23(29)24(17)25(34)31(3)4)30-21-15-33(16-21)22-8-10-32(11-9-22)26(35)27(2,36)18-6-5-7-19(28)13-18/h5-7,12-14,21-22,30,36H,8-11,15-16H2,1-4H3. The van der Waals surface area contributed by atoms with Crippen molar-refractivity contribution in [2.24, 2.45) is 0 Å². The van der Waals surface area contributed by atoms with Gasteiger partial charge in [-0.15, -0.1) is 0 Å². The summed E-state index contributed by atoms with van der Waals surface area (Å²) in [6.07, 6.45) is 1.74. The van der Waals surface area contributed by atoms with Crippen LogP contribution in [0.15, 0.2) is 36.4 Å². The summed E-state index contributed by atoms with van der Waals surface area (Å²) in [5.41, 5.74) is 1.22. The second kappa shape index (κ2) is 10.6. The first kappa shape index (κ1) is 26.7. The first-order valence-electron chi connectivity index (χ1n) is 12.3. The minimum atomic E-state index is -1.60. The van der Waals surface area contributed by atoms with Gasteiger partial charge in [0.2, 0.25) is 0 Å². The predicted octanol–water partition coefficient (Wildman–Crippen LogP) is 4.00. The number of halogens is 2. The van der Waals surface area contributed by atoms with E-state index in [4.69, 9.17) is 23.2 Å². The third-order valence-corrected chi connectivity index (χ3v) is 7.79. The highest BCUT2D eigenvalue weighted by molar-refractivity contribution is 6.34. The molecule has 2 fully saturated rings. The Bertz CT molecular complexity index is 1120. The van der Waals surface area contributed by atoms with Crippen LogP contribution in [0.3, 0.4) is 0 Å². The van der Waals surface area contributed by atoms with Crippen LogP contribution in [-0.2, 0) is 10.4 Å². The van der Waals surface area contributed by atoms with E-state index in [1.54, 1.807) is 43.3 Å². The number of rotatable bonds is 6. The second-order valence-corrected chi connectivity index (χ2v) is 11.1. The van der Waals surface area contributed by atoms with Gasteiger partial charge in [0, 0.05) is 57.0 Å². The summed E-state index contributed by atoms with van der Waals surface area (Å²) in [6, 6.07) is 11.3. The predicted molar refractivity (Wildman–Crippen MR) is 144 cm³/mol. The number of hydrogen-bond donors (Lipinski definition) is 2. The van der Waals surface area contributed by atoms with E-state index < -0.39 is 5.60 Å². The van der Waals surface area contributed by atoms with Gasteiger partial charge in [-0.3, -0.25) is 14.5 Å². The number of aliphatic hydroxyl groups is 1. The molecule has 4 rings (SSSR count). The largest absolute Gasteiger partial charge is 0.380 e. The molecule has 0 spiro atoms. The summed E-state index contributed by atoms with van der Waals surface area (Å²) in [7, 11) is 3.44. The maximum atomic E-state index is 13.1. The third-order valence-electron chi connectivity index (χ3n) is 7.26. The average molecular weight is 534 g/mol. The van der Waals surface area contributed by atoms with Crippen LogP contribution in [0.2, 0.25) is 10.0 Å². The minimum absolute atomic E-state index is 0.0993. The smallest absolute Gasteiger partial charge is 0.258 e. The zero-order valence-corrected chi connectivity index (χ0v) is 22.7. The lowest BCUT2D eigenvalue weighted by atomic mass is 9.92. The highest BCUT2D eigenvalue weighted by atomic mass is 35.5. The summed E-state index contributed by atoms with van der Waals surface area (Å²) in [6.45, 7) is 6.49. The number of hydrogen-bond acceptors (Lipinski definition) is 5.